The number of rotatable bonds is 7. The van der Waals surface area contributed by atoms with Crippen molar-refractivity contribution in [3.05, 3.63) is 90.0 Å². The van der Waals surface area contributed by atoms with Gasteiger partial charge in [0.2, 0.25) is 6.17 Å². The van der Waals surface area contributed by atoms with Crippen LogP contribution in [0, 0.1) is 5.92 Å². The van der Waals surface area contributed by atoms with Gasteiger partial charge in [-0.3, -0.25) is 4.79 Å². The summed E-state index contributed by atoms with van der Waals surface area (Å²) in [6.45, 7) is 4.71. The first kappa shape index (κ1) is 24.8. The van der Waals surface area contributed by atoms with E-state index in [-0.39, 0.29) is 11.8 Å². The molecule has 0 bridgehead atoms. The lowest BCUT2D eigenvalue weighted by Gasteiger charge is -2.28. The number of fused-ring (bicyclic) bond motifs is 1. The average Bonchev–Trinajstić information content (AvgIpc) is 3.46. The number of aromatic nitrogens is 4. The van der Waals surface area contributed by atoms with Gasteiger partial charge in [0.25, 0.3) is 5.91 Å². The van der Waals surface area contributed by atoms with Gasteiger partial charge in [0.05, 0.1) is 11.4 Å². The van der Waals surface area contributed by atoms with E-state index in [0.29, 0.717) is 29.3 Å². The third kappa shape index (κ3) is 5.29. The SMILES string of the molecule is CC[C@H](C)CN1C(=O)C(NC(=O)Nc2cccc(-c3nnn[nH]3)c2)N=C(c2ccccc2)c2ccccc21. The van der Waals surface area contributed by atoms with Gasteiger partial charge in [-0.15, -0.1) is 5.10 Å². The molecule has 1 aliphatic heterocycles. The number of nitrogens with one attached hydrogen (secondary N) is 3. The van der Waals surface area contributed by atoms with Crippen LogP contribution >= 0.6 is 0 Å². The number of aliphatic imine (C=N–C) groups is 1. The van der Waals surface area contributed by atoms with Gasteiger partial charge in [-0.05, 0) is 34.5 Å². The highest BCUT2D eigenvalue weighted by Gasteiger charge is 2.33. The minimum absolute atomic E-state index is 0.257. The second-order valence-corrected chi connectivity index (χ2v) is 9.15. The van der Waals surface area contributed by atoms with E-state index in [0.717, 1.165) is 23.2 Å². The average molecular weight is 509 g/mol. The van der Waals surface area contributed by atoms with Gasteiger partial charge in [-0.2, -0.15) is 0 Å². The second kappa shape index (κ2) is 11.0. The molecule has 38 heavy (non-hydrogen) atoms. The number of para-hydroxylation sites is 1. The second-order valence-electron chi connectivity index (χ2n) is 9.15. The Morgan fingerprint density at radius 3 is 2.55 bits per heavy atom. The number of aromatic amines is 1. The van der Waals surface area contributed by atoms with Crippen molar-refractivity contribution in [3.63, 3.8) is 0 Å². The quantitative estimate of drug-likeness (QED) is 0.344. The van der Waals surface area contributed by atoms with E-state index in [4.69, 9.17) is 4.99 Å². The lowest BCUT2D eigenvalue weighted by molar-refractivity contribution is -0.120. The molecular formula is C28H28N8O2. The number of urea groups is 1. The first-order valence-electron chi connectivity index (χ1n) is 12.5. The van der Waals surface area contributed by atoms with Crippen LogP contribution in [0.3, 0.4) is 0 Å². The lowest BCUT2D eigenvalue weighted by Crippen LogP contribution is -2.49. The molecule has 0 aliphatic carbocycles. The minimum Gasteiger partial charge on any atom is -0.308 e. The molecule has 1 aromatic heterocycles. The Morgan fingerprint density at radius 2 is 1.79 bits per heavy atom. The topological polar surface area (TPSA) is 128 Å². The number of hydrogen-bond donors (Lipinski definition) is 3. The normalized spacial score (nSPS) is 15.7. The standard InChI is InChI=1S/C28H28N8O2/c1-3-18(2)17-36-23-15-8-7-14-22(23)24(19-10-5-4-6-11-19)30-26(27(36)37)31-28(38)29-21-13-9-12-20(16-21)25-32-34-35-33-25/h4-16,18,26H,3,17H2,1-2H3,(H2,29,31,38)(H,32,33,34,35)/t18-,26?/m0/s1. The van der Waals surface area contributed by atoms with Gasteiger partial charge in [0, 0.05) is 28.9 Å². The summed E-state index contributed by atoms with van der Waals surface area (Å²) in [6, 6.07) is 23.9. The van der Waals surface area contributed by atoms with Crippen molar-refractivity contribution in [1.29, 1.82) is 0 Å². The number of carbonyl (C=O) groups is 2. The predicted molar refractivity (Wildman–Crippen MR) is 146 cm³/mol. The summed E-state index contributed by atoms with van der Waals surface area (Å²) in [5.41, 5.74) is 4.35. The molecule has 10 nitrogen and oxygen atoms in total. The summed E-state index contributed by atoms with van der Waals surface area (Å²) >= 11 is 0. The van der Waals surface area contributed by atoms with E-state index < -0.39 is 12.2 Å². The van der Waals surface area contributed by atoms with Crippen molar-refractivity contribution in [2.24, 2.45) is 10.9 Å². The summed E-state index contributed by atoms with van der Waals surface area (Å²) in [7, 11) is 0. The van der Waals surface area contributed by atoms with E-state index in [2.05, 4.69) is 45.1 Å². The Labute approximate surface area is 220 Å². The zero-order valence-corrected chi connectivity index (χ0v) is 21.1. The maximum atomic E-state index is 13.9. The minimum atomic E-state index is -1.12. The zero-order valence-electron chi connectivity index (χ0n) is 21.1. The Kier molecular flexibility index (Phi) is 7.21. The van der Waals surface area contributed by atoms with E-state index in [1.807, 2.05) is 60.7 Å². The maximum Gasteiger partial charge on any atom is 0.321 e. The number of amides is 3. The molecule has 192 valence electrons. The fourth-order valence-electron chi connectivity index (χ4n) is 4.30. The molecule has 3 N–H and O–H groups in total. The smallest absolute Gasteiger partial charge is 0.308 e. The van der Waals surface area contributed by atoms with Crippen LogP contribution < -0.4 is 15.5 Å². The summed E-state index contributed by atoms with van der Waals surface area (Å²) in [5.74, 6) is 0.442. The Balaban J connectivity index is 1.47. The molecule has 4 aromatic rings. The molecule has 0 spiro atoms. The summed E-state index contributed by atoms with van der Waals surface area (Å²) in [6.07, 6.45) is -0.211. The van der Waals surface area contributed by atoms with Crippen LogP contribution in [0.2, 0.25) is 0 Å². The van der Waals surface area contributed by atoms with Crippen LogP contribution in [0.25, 0.3) is 11.4 Å². The molecule has 2 heterocycles. The van der Waals surface area contributed by atoms with E-state index in [1.54, 1.807) is 23.1 Å². The highest BCUT2D eigenvalue weighted by molar-refractivity contribution is 6.20. The Hall–Kier alpha value is -4.86. The van der Waals surface area contributed by atoms with E-state index >= 15 is 0 Å². The molecule has 1 aliphatic rings. The molecule has 0 radical (unpaired) electrons. The third-order valence-corrected chi connectivity index (χ3v) is 6.45. The molecule has 3 aromatic carbocycles. The van der Waals surface area contributed by atoms with Crippen LogP contribution in [0.4, 0.5) is 16.2 Å². The van der Waals surface area contributed by atoms with E-state index in [1.165, 1.54) is 0 Å². The molecule has 5 rings (SSSR count). The number of carbonyl (C=O) groups excluding carboxylic acids is 2. The van der Waals surface area contributed by atoms with Crippen molar-refractivity contribution in [3.8, 4) is 11.4 Å². The largest absolute Gasteiger partial charge is 0.321 e. The van der Waals surface area contributed by atoms with Gasteiger partial charge >= 0.3 is 6.03 Å². The van der Waals surface area contributed by atoms with Gasteiger partial charge in [-0.1, -0.05) is 80.9 Å². The van der Waals surface area contributed by atoms with Crippen molar-refractivity contribution < 1.29 is 9.59 Å². The number of hydrogen-bond acceptors (Lipinski definition) is 6. The summed E-state index contributed by atoms with van der Waals surface area (Å²) < 4.78 is 0. The van der Waals surface area contributed by atoms with Crippen molar-refractivity contribution >= 4 is 29.0 Å². The highest BCUT2D eigenvalue weighted by Crippen LogP contribution is 2.29. The molecule has 0 saturated carbocycles. The van der Waals surface area contributed by atoms with Gasteiger partial charge in [0.15, 0.2) is 5.82 Å². The highest BCUT2D eigenvalue weighted by atomic mass is 16.2. The van der Waals surface area contributed by atoms with Crippen LogP contribution in [0.5, 0.6) is 0 Å². The zero-order chi connectivity index (χ0) is 26.5. The van der Waals surface area contributed by atoms with Crippen LogP contribution in [0.15, 0.2) is 83.9 Å². The summed E-state index contributed by atoms with van der Waals surface area (Å²) in [4.78, 5) is 33.6. The number of anilines is 2. The monoisotopic (exact) mass is 508 g/mol. The maximum absolute atomic E-state index is 13.9. The third-order valence-electron chi connectivity index (χ3n) is 6.45. The number of benzene rings is 3. The number of benzodiazepines with no additional fused rings is 1. The van der Waals surface area contributed by atoms with E-state index in [9.17, 15) is 9.59 Å². The number of H-pyrrole nitrogens is 1. The molecular weight excluding hydrogens is 480 g/mol. The fourth-order valence-corrected chi connectivity index (χ4v) is 4.30. The van der Waals surface area contributed by atoms with Gasteiger partial charge < -0.3 is 15.5 Å². The Morgan fingerprint density at radius 1 is 1.03 bits per heavy atom. The molecule has 0 fully saturated rings. The fraction of sp³-hybridized carbons (Fsp3) is 0.214. The van der Waals surface area contributed by atoms with Gasteiger partial charge in [0.1, 0.15) is 0 Å². The first-order chi connectivity index (χ1) is 18.5. The molecule has 10 heteroatoms. The van der Waals surface area contributed by atoms with Crippen molar-refractivity contribution in [1.82, 2.24) is 25.9 Å². The van der Waals surface area contributed by atoms with Crippen LogP contribution in [-0.4, -0.2) is 51.0 Å². The molecule has 0 saturated heterocycles. The van der Waals surface area contributed by atoms with Crippen LogP contribution in [-0.2, 0) is 4.79 Å². The number of nitrogens with zero attached hydrogens (tertiary/aromatic N) is 5. The first-order valence-corrected chi connectivity index (χ1v) is 12.5. The Bertz CT molecular complexity index is 1450. The number of tetrazole rings is 1. The molecule has 1 unspecified atom stereocenters. The van der Waals surface area contributed by atoms with Crippen molar-refractivity contribution in [2.75, 3.05) is 16.8 Å². The molecule has 3 amide bonds. The van der Waals surface area contributed by atoms with Gasteiger partial charge in [-0.25, -0.2) is 14.9 Å². The lowest BCUT2D eigenvalue weighted by atomic mass is 9.99. The summed E-state index contributed by atoms with van der Waals surface area (Å²) in [5, 5.41) is 19.4. The van der Waals surface area contributed by atoms with Crippen molar-refractivity contribution in [2.45, 2.75) is 26.4 Å². The molecule has 2 atom stereocenters. The van der Waals surface area contributed by atoms with Crippen LogP contribution in [0.1, 0.15) is 31.4 Å². The predicted octanol–water partition coefficient (Wildman–Crippen LogP) is 4.24.